The molecule has 1 aromatic heterocycles. The molecule has 2 N–H and O–H groups in total. The number of likely N-dealkylation sites (tertiary alicyclic amines) is 1. The standard InChI is InChI=1S/C18H32N4OS.HI/c1-4-19-18(20-13-15(2)24-3)21-14-16(17-9-8-12-23-17)22-10-6-5-7-11-22;/h8-9,12,15-16H,4-7,10-11,13-14H2,1-3H3,(H2,19,20,21);1H. The van der Waals surface area contributed by atoms with Gasteiger partial charge in [-0.2, -0.15) is 11.8 Å². The number of rotatable bonds is 8. The molecule has 0 aliphatic carbocycles. The van der Waals surface area contributed by atoms with Crippen molar-refractivity contribution in [1.82, 2.24) is 15.5 Å². The molecule has 5 nitrogen and oxygen atoms in total. The maximum Gasteiger partial charge on any atom is 0.191 e. The average molecular weight is 480 g/mol. The summed E-state index contributed by atoms with van der Waals surface area (Å²) >= 11 is 1.84. The van der Waals surface area contributed by atoms with Gasteiger partial charge in [0.2, 0.25) is 0 Å². The summed E-state index contributed by atoms with van der Waals surface area (Å²) in [6.45, 7) is 9.10. The van der Waals surface area contributed by atoms with Crippen molar-refractivity contribution in [3.05, 3.63) is 24.2 Å². The van der Waals surface area contributed by atoms with E-state index in [1.807, 2.05) is 17.8 Å². The van der Waals surface area contributed by atoms with Crippen molar-refractivity contribution >= 4 is 41.7 Å². The van der Waals surface area contributed by atoms with Crippen LogP contribution < -0.4 is 10.6 Å². The summed E-state index contributed by atoms with van der Waals surface area (Å²) in [6.07, 6.45) is 7.79. The minimum atomic E-state index is 0. The minimum absolute atomic E-state index is 0. The van der Waals surface area contributed by atoms with Crippen LogP contribution in [0.15, 0.2) is 27.8 Å². The molecule has 1 saturated heterocycles. The van der Waals surface area contributed by atoms with Gasteiger partial charge < -0.3 is 15.1 Å². The number of nitrogens with zero attached hydrogens (tertiary/aromatic N) is 2. The van der Waals surface area contributed by atoms with Gasteiger partial charge in [0.1, 0.15) is 5.76 Å². The molecule has 2 atom stereocenters. The molecule has 2 heterocycles. The molecular formula is C18H33IN4OS. The van der Waals surface area contributed by atoms with Crippen molar-refractivity contribution in [2.75, 3.05) is 39.0 Å². The lowest BCUT2D eigenvalue weighted by Crippen LogP contribution is -2.44. The Hall–Kier alpha value is -0.410. The first-order valence-corrected chi connectivity index (χ1v) is 10.4. The maximum atomic E-state index is 5.71. The van der Waals surface area contributed by atoms with Crippen molar-refractivity contribution in [3.8, 4) is 0 Å². The van der Waals surface area contributed by atoms with Crippen LogP contribution >= 0.6 is 35.7 Å². The third-order valence-electron chi connectivity index (χ3n) is 4.42. The molecule has 0 aromatic carbocycles. The fourth-order valence-corrected chi connectivity index (χ4v) is 3.17. The number of halogens is 1. The summed E-state index contributed by atoms with van der Waals surface area (Å²) < 4.78 is 5.71. The first kappa shape index (κ1) is 22.6. The fraction of sp³-hybridized carbons (Fsp3) is 0.722. The molecule has 2 unspecified atom stereocenters. The monoisotopic (exact) mass is 480 g/mol. The third kappa shape index (κ3) is 7.78. The van der Waals surface area contributed by atoms with Crippen LogP contribution in [0.5, 0.6) is 0 Å². The smallest absolute Gasteiger partial charge is 0.191 e. The van der Waals surface area contributed by atoms with Crippen molar-refractivity contribution in [2.24, 2.45) is 4.99 Å². The Morgan fingerprint density at radius 3 is 2.68 bits per heavy atom. The lowest BCUT2D eigenvalue weighted by atomic mass is 10.1. The predicted octanol–water partition coefficient (Wildman–Crippen LogP) is 3.73. The van der Waals surface area contributed by atoms with Crippen molar-refractivity contribution in [1.29, 1.82) is 0 Å². The van der Waals surface area contributed by atoms with Crippen molar-refractivity contribution in [3.63, 3.8) is 0 Å². The molecule has 25 heavy (non-hydrogen) atoms. The number of hydrogen-bond acceptors (Lipinski definition) is 4. The number of furan rings is 1. The van der Waals surface area contributed by atoms with E-state index in [0.29, 0.717) is 5.25 Å². The highest BCUT2D eigenvalue weighted by Gasteiger charge is 2.24. The lowest BCUT2D eigenvalue weighted by Gasteiger charge is -2.33. The molecule has 0 spiro atoms. The second-order valence-electron chi connectivity index (χ2n) is 6.27. The average Bonchev–Trinajstić information content (AvgIpc) is 3.14. The molecule has 7 heteroatoms. The molecular weight excluding hydrogens is 447 g/mol. The Morgan fingerprint density at radius 2 is 2.08 bits per heavy atom. The van der Waals surface area contributed by atoms with E-state index >= 15 is 0 Å². The van der Waals surface area contributed by atoms with Gasteiger partial charge in [-0.15, -0.1) is 24.0 Å². The number of hydrogen-bond donors (Lipinski definition) is 2. The first-order chi connectivity index (χ1) is 11.7. The summed E-state index contributed by atoms with van der Waals surface area (Å²) in [6, 6.07) is 4.33. The molecule has 0 radical (unpaired) electrons. The van der Waals surface area contributed by atoms with Gasteiger partial charge in [0.25, 0.3) is 0 Å². The normalized spacial score (nSPS) is 18.3. The fourth-order valence-electron chi connectivity index (χ4n) is 2.95. The van der Waals surface area contributed by atoms with Gasteiger partial charge in [0.05, 0.1) is 18.8 Å². The number of aliphatic imine (C=N–C) groups is 1. The van der Waals surface area contributed by atoms with Crippen molar-refractivity contribution < 1.29 is 4.42 Å². The zero-order chi connectivity index (χ0) is 17.2. The Kier molecular flexibility index (Phi) is 11.6. The molecule has 0 saturated carbocycles. The van der Waals surface area contributed by atoms with Gasteiger partial charge in [-0.25, -0.2) is 0 Å². The Balaban J connectivity index is 0.00000312. The molecule has 0 bridgehead atoms. The van der Waals surface area contributed by atoms with E-state index in [4.69, 9.17) is 9.41 Å². The van der Waals surface area contributed by atoms with E-state index in [9.17, 15) is 0 Å². The number of guanidine groups is 1. The van der Waals surface area contributed by atoms with Crippen LogP contribution in [-0.2, 0) is 0 Å². The van der Waals surface area contributed by atoms with Crippen LogP contribution in [0.3, 0.4) is 0 Å². The van der Waals surface area contributed by atoms with Gasteiger partial charge in [-0.05, 0) is 51.2 Å². The van der Waals surface area contributed by atoms with E-state index in [1.54, 1.807) is 6.26 Å². The van der Waals surface area contributed by atoms with Crippen LogP contribution in [0.25, 0.3) is 0 Å². The Bertz CT molecular complexity index is 477. The van der Waals surface area contributed by atoms with Crippen molar-refractivity contribution in [2.45, 2.75) is 44.4 Å². The summed E-state index contributed by atoms with van der Waals surface area (Å²) in [5.41, 5.74) is 0. The van der Waals surface area contributed by atoms with Crippen LogP contribution in [0.4, 0.5) is 0 Å². The molecule has 1 aliphatic heterocycles. The third-order valence-corrected chi connectivity index (χ3v) is 5.37. The molecule has 0 amide bonds. The van der Waals surface area contributed by atoms with Gasteiger partial charge in [0, 0.05) is 18.3 Å². The second-order valence-corrected chi connectivity index (χ2v) is 7.55. The summed E-state index contributed by atoms with van der Waals surface area (Å²) in [4.78, 5) is 7.24. The summed E-state index contributed by atoms with van der Waals surface area (Å²) in [5, 5.41) is 7.39. The molecule has 1 aromatic rings. The molecule has 2 rings (SSSR count). The van der Waals surface area contributed by atoms with Crippen LogP contribution in [0.1, 0.15) is 44.9 Å². The zero-order valence-electron chi connectivity index (χ0n) is 15.7. The highest BCUT2D eigenvalue weighted by atomic mass is 127. The second kappa shape index (κ2) is 12.9. The van der Waals surface area contributed by atoms with Gasteiger partial charge in [-0.1, -0.05) is 13.3 Å². The largest absolute Gasteiger partial charge is 0.468 e. The predicted molar refractivity (Wildman–Crippen MR) is 119 cm³/mol. The summed E-state index contributed by atoms with van der Waals surface area (Å²) in [7, 11) is 0. The highest BCUT2D eigenvalue weighted by Crippen LogP contribution is 2.24. The van der Waals surface area contributed by atoms with E-state index in [1.165, 1.54) is 19.3 Å². The number of thioether (sulfide) groups is 1. The van der Waals surface area contributed by atoms with Crippen LogP contribution in [0, 0.1) is 0 Å². The topological polar surface area (TPSA) is 52.8 Å². The quantitative estimate of drug-likeness (QED) is 0.338. The number of nitrogens with one attached hydrogen (secondary N) is 2. The lowest BCUT2D eigenvalue weighted by molar-refractivity contribution is 0.146. The molecule has 144 valence electrons. The van der Waals surface area contributed by atoms with Crippen LogP contribution in [-0.4, -0.2) is 55.1 Å². The minimum Gasteiger partial charge on any atom is -0.468 e. The number of piperidine rings is 1. The van der Waals surface area contributed by atoms with Gasteiger partial charge >= 0.3 is 0 Å². The first-order valence-electron chi connectivity index (χ1n) is 9.07. The Morgan fingerprint density at radius 1 is 1.32 bits per heavy atom. The van der Waals surface area contributed by atoms with E-state index in [2.05, 4.69) is 41.7 Å². The SMILES string of the molecule is CCNC(=NCC(C)SC)NCC(c1ccco1)N1CCCCC1.I. The van der Waals surface area contributed by atoms with E-state index < -0.39 is 0 Å². The van der Waals surface area contributed by atoms with Crippen LogP contribution in [0.2, 0.25) is 0 Å². The maximum absolute atomic E-state index is 5.71. The van der Waals surface area contributed by atoms with E-state index in [0.717, 1.165) is 44.4 Å². The molecule has 1 fully saturated rings. The molecule has 1 aliphatic rings. The van der Waals surface area contributed by atoms with Gasteiger partial charge in [-0.3, -0.25) is 9.89 Å². The Labute approximate surface area is 173 Å². The summed E-state index contributed by atoms with van der Waals surface area (Å²) in [5.74, 6) is 1.93. The zero-order valence-corrected chi connectivity index (χ0v) is 18.8. The highest BCUT2D eigenvalue weighted by molar-refractivity contribution is 14.0. The van der Waals surface area contributed by atoms with Gasteiger partial charge in [0.15, 0.2) is 5.96 Å². The van der Waals surface area contributed by atoms with E-state index in [-0.39, 0.29) is 30.0 Å².